The number of benzene rings is 1. The highest BCUT2D eigenvalue weighted by atomic mass is 35.5. The molecule has 0 fully saturated rings. The van der Waals surface area contributed by atoms with Crippen LogP contribution in [0.4, 0.5) is 0 Å². The van der Waals surface area contributed by atoms with Crippen molar-refractivity contribution in [1.29, 1.82) is 0 Å². The topological polar surface area (TPSA) is 99.5 Å². The molecule has 0 saturated heterocycles. The number of aromatic nitrogens is 1. The number of nitrogens with zero attached hydrogens (tertiary/aromatic N) is 1. The maximum atomic E-state index is 12.2. The molecule has 1 aromatic heterocycles. The maximum absolute atomic E-state index is 12.2. The molecule has 2 atom stereocenters. The maximum Gasteiger partial charge on any atom is 0.328 e. The average molecular weight is 309 g/mol. The molecule has 21 heavy (non-hydrogen) atoms. The van der Waals surface area contributed by atoms with E-state index in [1.165, 1.54) is 13.1 Å². The first-order valence-corrected chi connectivity index (χ1v) is 6.54. The van der Waals surface area contributed by atoms with Crippen LogP contribution in [0.25, 0.3) is 10.8 Å². The molecule has 2 unspecified atom stereocenters. The van der Waals surface area contributed by atoms with Crippen molar-refractivity contribution in [3.8, 4) is 0 Å². The number of hydrogen-bond acceptors (Lipinski definition) is 4. The third-order valence-electron chi connectivity index (χ3n) is 3.03. The lowest BCUT2D eigenvalue weighted by Crippen LogP contribution is -2.47. The zero-order valence-corrected chi connectivity index (χ0v) is 11.8. The molecular weight excluding hydrogens is 296 g/mol. The minimum atomic E-state index is -1.40. The van der Waals surface area contributed by atoms with Gasteiger partial charge in [0.15, 0.2) is 6.04 Å². The van der Waals surface area contributed by atoms with Gasteiger partial charge in [0.05, 0.1) is 11.7 Å². The van der Waals surface area contributed by atoms with Gasteiger partial charge in [-0.1, -0.05) is 35.9 Å². The van der Waals surface area contributed by atoms with Crippen molar-refractivity contribution in [2.24, 2.45) is 0 Å². The van der Waals surface area contributed by atoms with E-state index in [1.54, 1.807) is 24.3 Å². The Kier molecular flexibility index (Phi) is 4.40. The zero-order chi connectivity index (χ0) is 15.6. The molecular formula is C14H13ClN2O4. The number of aliphatic hydroxyl groups is 1. The summed E-state index contributed by atoms with van der Waals surface area (Å²) in [5.74, 6) is -1.95. The van der Waals surface area contributed by atoms with Crippen LogP contribution in [-0.2, 0) is 4.79 Å². The van der Waals surface area contributed by atoms with Crippen LogP contribution in [0, 0.1) is 0 Å². The van der Waals surface area contributed by atoms with E-state index in [1.807, 2.05) is 0 Å². The molecule has 0 aliphatic heterocycles. The van der Waals surface area contributed by atoms with Crippen molar-refractivity contribution in [1.82, 2.24) is 10.3 Å². The number of pyridine rings is 1. The van der Waals surface area contributed by atoms with Gasteiger partial charge in [-0.2, -0.15) is 0 Å². The first-order chi connectivity index (χ1) is 9.91. The molecule has 0 aliphatic rings. The predicted octanol–water partition coefficient (Wildman–Crippen LogP) is 1.45. The van der Waals surface area contributed by atoms with Crippen LogP contribution in [0.1, 0.15) is 17.3 Å². The predicted molar refractivity (Wildman–Crippen MR) is 77.3 cm³/mol. The van der Waals surface area contributed by atoms with Gasteiger partial charge < -0.3 is 15.5 Å². The lowest BCUT2D eigenvalue weighted by molar-refractivity contribution is -0.141. The molecule has 7 heteroatoms. The van der Waals surface area contributed by atoms with Gasteiger partial charge in [-0.05, 0) is 12.3 Å². The van der Waals surface area contributed by atoms with Gasteiger partial charge in [-0.15, -0.1) is 0 Å². The monoisotopic (exact) mass is 308 g/mol. The molecule has 1 aromatic carbocycles. The second-order valence-electron chi connectivity index (χ2n) is 4.54. The number of carbonyl (C=O) groups is 2. The smallest absolute Gasteiger partial charge is 0.328 e. The van der Waals surface area contributed by atoms with Crippen LogP contribution in [0.15, 0.2) is 30.5 Å². The number of rotatable bonds is 4. The summed E-state index contributed by atoms with van der Waals surface area (Å²) >= 11 is 5.96. The van der Waals surface area contributed by atoms with E-state index in [0.717, 1.165) is 0 Å². The van der Waals surface area contributed by atoms with E-state index in [9.17, 15) is 14.7 Å². The number of carbonyl (C=O) groups excluding carboxylic acids is 1. The third-order valence-corrected chi connectivity index (χ3v) is 3.33. The van der Waals surface area contributed by atoms with Gasteiger partial charge in [0.25, 0.3) is 5.91 Å². The largest absolute Gasteiger partial charge is 0.480 e. The van der Waals surface area contributed by atoms with E-state index in [4.69, 9.17) is 16.7 Å². The van der Waals surface area contributed by atoms with Crippen LogP contribution in [0.5, 0.6) is 0 Å². The van der Waals surface area contributed by atoms with E-state index >= 15 is 0 Å². The summed E-state index contributed by atoms with van der Waals surface area (Å²) < 4.78 is 0. The van der Waals surface area contributed by atoms with Crippen molar-refractivity contribution >= 4 is 34.2 Å². The van der Waals surface area contributed by atoms with E-state index in [0.29, 0.717) is 10.8 Å². The number of aliphatic carboxylic acids is 1. The SMILES string of the molecule is CC(O)C(NC(=O)c1cnc(Cl)c2ccccc12)C(=O)O. The van der Waals surface area contributed by atoms with Crippen LogP contribution < -0.4 is 5.32 Å². The standard InChI is InChI=1S/C14H13ClN2O4/c1-7(18)11(14(20)21)17-13(19)10-6-16-12(15)9-5-3-2-4-8(9)10/h2-7,11,18H,1H3,(H,17,19)(H,20,21). The number of halogens is 1. The van der Waals surface area contributed by atoms with Gasteiger partial charge in [0.1, 0.15) is 5.15 Å². The highest BCUT2D eigenvalue weighted by Crippen LogP contribution is 2.24. The molecule has 0 saturated carbocycles. The molecule has 0 radical (unpaired) electrons. The summed E-state index contributed by atoms with van der Waals surface area (Å²) in [4.78, 5) is 27.2. The quantitative estimate of drug-likeness (QED) is 0.742. The first-order valence-electron chi connectivity index (χ1n) is 6.16. The molecule has 110 valence electrons. The molecule has 2 aromatic rings. The Balaban J connectivity index is 2.40. The fourth-order valence-corrected chi connectivity index (χ4v) is 2.16. The van der Waals surface area contributed by atoms with Gasteiger partial charge in [0.2, 0.25) is 0 Å². The van der Waals surface area contributed by atoms with Gasteiger partial charge in [-0.25, -0.2) is 9.78 Å². The summed E-state index contributed by atoms with van der Waals surface area (Å²) in [6.07, 6.45) is 0.0546. The van der Waals surface area contributed by atoms with Crippen molar-refractivity contribution in [2.45, 2.75) is 19.1 Å². The van der Waals surface area contributed by atoms with E-state index < -0.39 is 24.0 Å². The zero-order valence-electron chi connectivity index (χ0n) is 11.1. The molecule has 3 N–H and O–H groups in total. The fraction of sp³-hybridized carbons (Fsp3) is 0.214. The van der Waals surface area contributed by atoms with E-state index in [-0.39, 0.29) is 10.7 Å². The first kappa shape index (κ1) is 15.2. The highest BCUT2D eigenvalue weighted by Gasteiger charge is 2.26. The number of fused-ring (bicyclic) bond motifs is 1. The van der Waals surface area contributed by atoms with Crippen LogP contribution in [0.2, 0.25) is 5.15 Å². The number of aliphatic hydroxyl groups excluding tert-OH is 1. The van der Waals surface area contributed by atoms with E-state index in [2.05, 4.69) is 10.3 Å². The Morgan fingerprint density at radius 1 is 1.29 bits per heavy atom. The Morgan fingerprint density at radius 3 is 2.48 bits per heavy atom. The fourth-order valence-electron chi connectivity index (χ4n) is 1.95. The normalized spacial score (nSPS) is 13.7. The lowest BCUT2D eigenvalue weighted by Gasteiger charge is -2.17. The summed E-state index contributed by atoms with van der Waals surface area (Å²) in [5, 5.41) is 22.1. The Bertz CT molecular complexity index is 702. The molecule has 6 nitrogen and oxygen atoms in total. The Hall–Kier alpha value is -2.18. The summed E-state index contributed by atoms with van der Waals surface area (Å²) in [6, 6.07) is 5.50. The number of carboxylic acid groups (broad SMARTS) is 1. The van der Waals surface area contributed by atoms with Crippen molar-refractivity contribution < 1.29 is 19.8 Å². The second-order valence-corrected chi connectivity index (χ2v) is 4.90. The summed E-state index contributed by atoms with van der Waals surface area (Å²) in [7, 11) is 0. The molecule has 0 bridgehead atoms. The minimum absolute atomic E-state index is 0.196. The number of amides is 1. The highest BCUT2D eigenvalue weighted by molar-refractivity contribution is 6.34. The van der Waals surface area contributed by atoms with Crippen molar-refractivity contribution in [3.05, 3.63) is 41.2 Å². The van der Waals surface area contributed by atoms with Crippen LogP contribution in [0.3, 0.4) is 0 Å². The number of nitrogens with one attached hydrogen (secondary N) is 1. The lowest BCUT2D eigenvalue weighted by atomic mass is 10.1. The van der Waals surface area contributed by atoms with Crippen molar-refractivity contribution in [3.63, 3.8) is 0 Å². The molecule has 0 spiro atoms. The average Bonchev–Trinajstić information content (AvgIpc) is 2.44. The number of carboxylic acids is 1. The minimum Gasteiger partial charge on any atom is -0.480 e. The van der Waals surface area contributed by atoms with Gasteiger partial charge in [-0.3, -0.25) is 4.79 Å². The van der Waals surface area contributed by atoms with Gasteiger partial charge >= 0.3 is 5.97 Å². The second kappa shape index (κ2) is 6.07. The molecule has 0 aliphatic carbocycles. The number of hydrogen-bond donors (Lipinski definition) is 3. The third kappa shape index (κ3) is 3.12. The summed E-state index contributed by atoms with van der Waals surface area (Å²) in [6.45, 7) is 1.29. The Labute approximate surface area is 125 Å². The van der Waals surface area contributed by atoms with Crippen LogP contribution in [-0.4, -0.2) is 39.2 Å². The molecule has 2 rings (SSSR count). The van der Waals surface area contributed by atoms with Crippen molar-refractivity contribution in [2.75, 3.05) is 0 Å². The molecule has 1 amide bonds. The summed E-state index contributed by atoms with van der Waals surface area (Å²) in [5.41, 5.74) is 0.196. The molecule has 1 heterocycles. The Morgan fingerprint density at radius 2 is 1.90 bits per heavy atom. The van der Waals surface area contributed by atoms with Gasteiger partial charge in [0, 0.05) is 11.6 Å². The van der Waals surface area contributed by atoms with Crippen LogP contribution >= 0.6 is 11.6 Å².